The zero-order valence-corrected chi connectivity index (χ0v) is 13.8. The quantitative estimate of drug-likeness (QED) is 0.453. The van der Waals surface area contributed by atoms with Gasteiger partial charge in [-0.3, -0.25) is 4.99 Å². The number of hydrogen-bond donors (Lipinski definition) is 2. The maximum atomic E-state index is 5.85. The van der Waals surface area contributed by atoms with E-state index in [0.717, 1.165) is 13.1 Å². The molecule has 0 aromatic heterocycles. The summed E-state index contributed by atoms with van der Waals surface area (Å²) < 4.78 is 0. The molecule has 0 bridgehead atoms. The molecule has 102 valence electrons. The van der Waals surface area contributed by atoms with E-state index in [2.05, 4.69) is 31.1 Å². The first kappa shape index (κ1) is 17.0. The van der Waals surface area contributed by atoms with Gasteiger partial charge in [-0.1, -0.05) is 33.6 Å². The Hall–Kier alpha value is 0. The third-order valence-corrected chi connectivity index (χ3v) is 3.69. The first-order chi connectivity index (χ1) is 7.58. The predicted octanol–water partition coefficient (Wildman–Crippen LogP) is 3.14. The minimum Gasteiger partial charge on any atom is -0.370 e. The highest BCUT2D eigenvalue weighted by Gasteiger charge is 2.31. The average Bonchev–Trinajstić information content (AvgIpc) is 2.73. The molecule has 0 aliphatic heterocycles. The lowest BCUT2D eigenvalue weighted by molar-refractivity contribution is 0.297. The van der Waals surface area contributed by atoms with E-state index in [-0.39, 0.29) is 24.0 Å². The van der Waals surface area contributed by atoms with Crippen LogP contribution in [0.3, 0.4) is 0 Å². The Balaban J connectivity index is 0.00000256. The Morgan fingerprint density at radius 1 is 1.35 bits per heavy atom. The summed E-state index contributed by atoms with van der Waals surface area (Å²) >= 11 is 0. The molecule has 3 N–H and O–H groups in total. The molecule has 0 atom stereocenters. The van der Waals surface area contributed by atoms with Crippen molar-refractivity contribution in [3.05, 3.63) is 0 Å². The number of nitrogens with zero attached hydrogens (tertiary/aromatic N) is 1. The minimum absolute atomic E-state index is 0. The molecule has 3 nitrogen and oxygen atoms in total. The van der Waals surface area contributed by atoms with Crippen LogP contribution in [0.2, 0.25) is 0 Å². The van der Waals surface area contributed by atoms with Gasteiger partial charge in [0.1, 0.15) is 0 Å². The van der Waals surface area contributed by atoms with Gasteiger partial charge in [-0.05, 0) is 30.6 Å². The number of nitrogens with two attached hydrogens (primary N) is 1. The van der Waals surface area contributed by atoms with Crippen LogP contribution in [0.4, 0.5) is 0 Å². The SMILES string of the molecule is CCC1(CN=C(N)NCC(C)C)CCCC1.I. The second kappa shape index (κ2) is 8.16. The lowest BCUT2D eigenvalue weighted by Gasteiger charge is -2.25. The monoisotopic (exact) mass is 353 g/mol. The van der Waals surface area contributed by atoms with Crippen molar-refractivity contribution in [2.24, 2.45) is 22.1 Å². The second-order valence-corrected chi connectivity index (χ2v) is 5.54. The molecule has 0 aromatic rings. The molecule has 0 saturated heterocycles. The Labute approximate surface area is 123 Å². The molecule has 1 saturated carbocycles. The van der Waals surface area contributed by atoms with E-state index in [0.29, 0.717) is 17.3 Å². The van der Waals surface area contributed by atoms with Crippen LogP contribution in [0.5, 0.6) is 0 Å². The first-order valence-corrected chi connectivity index (χ1v) is 6.62. The third kappa shape index (κ3) is 5.93. The van der Waals surface area contributed by atoms with Gasteiger partial charge in [0, 0.05) is 13.1 Å². The molecule has 0 heterocycles. The summed E-state index contributed by atoms with van der Waals surface area (Å²) in [5.74, 6) is 1.23. The fraction of sp³-hybridized carbons (Fsp3) is 0.923. The highest BCUT2D eigenvalue weighted by atomic mass is 127. The maximum Gasteiger partial charge on any atom is 0.188 e. The molecule has 0 unspecified atom stereocenters. The molecule has 1 rings (SSSR count). The standard InChI is InChI=1S/C13H27N3.HI/c1-4-13(7-5-6-8-13)10-16-12(14)15-9-11(2)3;/h11H,4-10H2,1-3H3,(H3,14,15,16);1H. The highest BCUT2D eigenvalue weighted by Crippen LogP contribution is 2.40. The number of guanidine groups is 1. The van der Waals surface area contributed by atoms with E-state index in [4.69, 9.17) is 5.73 Å². The topological polar surface area (TPSA) is 50.4 Å². The maximum absolute atomic E-state index is 5.85. The Morgan fingerprint density at radius 3 is 2.41 bits per heavy atom. The van der Waals surface area contributed by atoms with Gasteiger partial charge in [0.25, 0.3) is 0 Å². The van der Waals surface area contributed by atoms with E-state index in [1.54, 1.807) is 0 Å². The zero-order chi connectivity index (χ0) is 12.0. The van der Waals surface area contributed by atoms with Gasteiger partial charge in [-0.25, -0.2) is 0 Å². The summed E-state index contributed by atoms with van der Waals surface area (Å²) in [6.07, 6.45) is 6.61. The predicted molar refractivity (Wildman–Crippen MR) is 85.9 cm³/mol. The van der Waals surface area contributed by atoms with E-state index in [9.17, 15) is 0 Å². The van der Waals surface area contributed by atoms with E-state index >= 15 is 0 Å². The molecule has 17 heavy (non-hydrogen) atoms. The molecule has 0 radical (unpaired) electrons. The lowest BCUT2D eigenvalue weighted by atomic mass is 9.84. The third-order valence-electron chi connectivity index (χ3n) is 3.69. The van der Waals surface area contributed by atoms with Gasteiger partial charge in [-0.15, -0.1) is 24.0 Å². The van der Waals surface area contributed by atoms with Crippen molar-refractivity contribution >= 4 is 29.9 Å². The van der Waals surface area contributed by atoms with Crippen LogP contribution in [0.15, 0.2) is 4.99 Å². The normalized spacial score (nSPS) is 19.2. The van der Waals surface area contributed by atoms with E-state index in [1.807, 2.05) is 0 Å². The van der Waals surface area contributed by atoms with Crippen LogP contribution in [0, 0.1) is 11.3 Å². The molecule has 1 fully saturated rings. The van der Waals surface area contributed by atoms with Crippen molar-refractivity contribution in [1.82, 2.24) is 5.32 Å². The van der Waals surface area contributed by atoms with Crippen molar-refractivity contribution in [3.8, 4) is 0 Å². The van der Waals surface area contributed by atoms with Gasteiger partial charge in [0.05, 0.1) is 0 Å². The van der Waals surface area contributed by atoms with Crippen LogP contribution in [-0.2, 0) is 0 Å². The van der Waals surface area contributed by atoms with Crippen LogP contribution < -0.4 is 11.1 Å². The Morgan fingerprint density at radius 2 is 1.94 bits per heavy atom. The number of hydrogen-bond acceptors (Lipinski definition) is 1. The molecule has 0 amide bonds. The Kier molecular flexibility index (Phi) is 8.16. The van der Waals surface area contributed by atoms with Crippen LogP contribution in [0.25, 0.3) is 0 Å². The van der Waals surface area contributed by atoms with Crippen LogP contribution in [0.1, 0.15) is 52.9 Å². The van der Waals surface area contributed by atoms with E-state index < -0.39 is 0 Å². The first-order valence-electron chi connectivity index (χ1n) is 6.62. The number of rotatable bonds is 5. The fourth-order valence-electron chi connectivity index (χ4n) is 2.37. The lowest BCUT2D eigenvalue weighted by Crippen LogP contribution is -2.35. The largest absolute Gasteiger partial charge is 0.370 e. The average molecular weight is 353 g/mol. The summed E-state index contributed by atoms with van der Waals surface area (Å²) in [5, 5.41) is 3.18. The van der Waals surface area contributed by atoms with Crippen LogP contribution in [-0.4, -0.2) is 19.0 Å². The smallest absolute Gasteiger partial charge is 0.188 e. The number of aliphatic imine (C=N–C) groups is 1. The zero-order valence-electron chi connectivity index (χ0n) is 11.5. The number of halogens is 1. The molecular formula is C13H28IN3. The molecule has 1 aliphatic rings. The van der Waals surface area contributed by atoms with Crippen molar-refractivity contribution < 1.29 is 0 Å². The summed E-state index contributed by atoms with van der Waals surface area (Å²) in [6.45, 7) is 8.43. The Bertz CT molecular complexity index is 233. The van der Waals surface area contributed by atoms with Gasteiger partial charge in [-0.2, -0.15) is 0 Å². The van der Waals surface area contributed by atoms with Gasteiger partial charge in [0.2, 0.25) is 0 Å². The molecular weight excluding hydrogens is 325 g/mol. The summed E-state index contributed by atoms with van der Waals surface area (Å²) in [6, 6.07) is 0. The second-order valence-electron chi connectivity index (χ2n) is 5.54. The van der Waals surface area contributed by atoms with Gasteiger partial charge < -0.3 is 11.1 Å². The molecule has 0 aromatic carbocycles. The minimum atomic E-state index is 0. The highest BCUT2D eigenvalue weighted by molar-refractivity contribution is 14.0. The van der Waals surface area contributed by atoms with Crippen molar-refractivity contribution in [2.45, 2.75) is 52.9 Å². The number of nitrogens with one attached hydrogen (secondary N) is 1. The van der Waals surface area contributed by atoms with Gasteiger partial charge in [0.15, 0.2) is 5.96 Å². The summed E-state index contributed by atoms with van der Waals surface area (Å²) in [5.41, 5.74) is 6.30. The summed E-state index contributed by atoms with van der Waals surface area (Å²) in [7, 11) is 0. The van der Waals surface area contributed by atoms with E-state index in [1.165, 1.54) is 32.1 Å². The molecule has 4 heteroatoms. The molecule has 1 aliphatic carbocycles. The van der Waals surface area contributed by atoms with Gasteiger partial charge >= 0.3 is 0 Å². The summed E-state index contributed by atoms with van der Waals surface area (Å²) in [4.78, 5) is 4.50. The fourth-order valence-corrected chi connectivity index (χ4v) is 2.37. The molecule has 0 spiro atoms. The van der Waals surface area contributed by atoms with Crippen molar-refractivity contribution in [1.29, 1.82) is 0 Å². The van der Waals surface area contributed by atoms with Crippen molar-refractivity contribution in [2.75, 3.05) is 13.1 Å². The van der Waals surface area contributed by atoms with Crippen molar-refractivity contribution in [3.63, 3.8) is 0 Å². The van der Waals surface area contributed by atoms with Crippen LogP contribution >= 0.6 is 24.0 Å².